The quantitative estimate of drug-likeness (QED) is 0.525. The molecule has 1 aromatic carbocycles. The first-order valence-corrected chi connectivity index (χ1v) is 12.3. The molecule has 0 saturated carbocycles. The van der Waals surface area contributed by atoms with Gasteiger partial charge in [-0.25, -0.2) is 14.4 Å². The number of piperidine rings is 3. The molecule has 3 aliphatic rings. The Morgan fingerprint density at radius 2 is 2.09 bits per heavy atom. The van der Waals surface area contributed by atoms with Crippen LogP contribution in [-0.2, 0) is 0 Å². The molecule has 6 rings (SSSR count). The van der Waals surface area contributed by atoms with Crippen LogP contribution in [0.3, 0.4) is 0 Å². The number of thiocarbonyl (C=S) groups is 1. The van der Waals surface area contributed by atoms with Crippen molar-refractivity contribution in [3.05, 3.63) is 65.2 Å². The number of aryl methyl sites for hydroxylation is 1. The van der Waals surface area contributed by atoms with Gasteiger partial charge in [0.2, 0.25) is 0 Å². The lowest BCUT2D eigenvalue weighted by Crippen LogP contribution is -2.56. The van der Waals surface area contributed by atoms with Gasteiger partial charge in [-0.05, 0) is 86.2 Å². The van der Waals surface area contributed by atoms with Crippen molar-refractivity contribution in [1.29, 1.82) is 0 Å². The number of anilines is 1. The van der Waals surface area contributed by atoms with Crippen LogP contribution in [-0.4, -0.2) is 45.7 Å². The molecule has 8 heteroatoms. The van der Waals surface area contributed by atoms with Crippen molar-refractivity contribution in [2.45, 2.75) is 31.7 Å². The first-order chi connectivity index (χ1) is 15.5. The summed E-state index contributed by atoms with van der Waals surface area (Å²) in [6.07, 6.45) is 2.34. The minimum Gasteiger partial charge on any atom is -0.361 e. The number of nitrogens with one attached hydrogen (secondary N) is 2. The third kappa shape index (κ3) is 4.67. The average Bonchev–Trinajstić information content (AvgIpc) is 3.34. The molecule has 0 amide bonds. The Labute approximate surface area is 197 Å². The van der Waals surface area contributed by atoms with Gasteiger partial charge in [0.1, 0.15) is 11.6 Å². The van der Waals surface area contributed by atoms with Crippen LogP contribution in [0.2, 0.25) is 0 Å². The highest BCUT2D eigenvalue weighted by Crippen LogP contribution is 2.41. The smallest absolute Gasteiger partial charge is 0.170 e. The minimum atomic E-state index is -0.253. The second kappa shape index (κ2) is 9.21. The highest BCUT2D eigenvalue weighted by Gasteiger charge is 2.41. The molecule has 1 unspecified atom stereocenters. The summed E-state index contributed by atoms with van der Waals surface area (Å²) < 4.78 is 13.1. The fourth-order valence-electron chi connectivity index (χ4n) is 4.94. The van der Waals surface area contributed by atoms with Crippen molar-refractivity contribution >= 4 is 34.4 Å². The van der Waals surface area contributed by atoms with Crippen LogP contribution in [0.1, 0.15) is 30.3 Å². The molecule has 2 N–H and O–H groups in total. The van der Waals surface area contributed by atoms with Gasteiger partial charge in [-0.3, -0.25) is 4.90 Å². The van der Waals surface area contributed by atoms with Crippen molar-refractivity contribution in [2.75, 3.05) is 25.0 Å². The highest BCUT2D eigenvalue weighted by molar-refractivity contribution is 7.80. The van der Waals surface area contributed by atoms with E-state index in [1.165, 1.54) is 29.1 Å². The fourth-order valence-corrected chi connectivity index (χ4v) is 5.82. The maximum atomic E-state index is 13.1. The minimum absolute atomic E-state index is 0.253. The SMILES string of the molecule is Cc1nc(-c2cccs2)cc([C@H]2CN3CC[C@H]2C[C@@H]3CNC(=S)Nc2ccc(F)cc2)n1. The number of rotatable bonds is 5. The van der Waals surface area contributed by atoms with Crippen LogP contribution in [0.25, 0.3) is 10.6 Å². The Morgan fingerprint density at radius 1 is 1.25 bits per heavy atom. The van der Waals surface area contributed by atoms with E-state index >= 15 is 0 Å². The van der Waals surface area contributed by atoms with E-state index in [-0.39, 0.29) is 5.82 Å². The number of aromatic nitrogens is 2. The normalized spacial score (nSPS) is 24.3. The topological polar surface area (TPSA) is 53.1 Å². The summed E-state index contributed by atoms with van der Waals surface area (Å²) in [6, 6.07) is 13.1. The Kier molecular flexibility index (Phi) is 6.17. The number of hydrogen-bond acceptors (Lipinski definition) is 5. The largest absolute Gasteiger partial charge is 0.361 e. The number of halogens is 1. The summed E-state index contributed by atoms with van der Waals surface area (Å²) in [7, 11) is 0. The zero-order valence-corrected chi connectivity index (χ0v) is 19.6. The Bertz CT molecular complexity index is 1090. The zero-order chi connectivity index (χ0) is 22.1. The molecule has 2 bridgehead atoms. The lowest BCUT2D eigenvalue weighted by Gasteiger charge is -2.49. The Balaban J connectivity index is 1.21. The second-order valence-electron chi connectivity index (χ2n) is 8.58. The van der Waals surface area contributed by atoms with Gasteiger partial charge in [-0.2, -0.15) is 0 Å². The predicted octanol–water partition coefficient (Wildman–Crippen LogP) is 4.82. The van der Waals surface area contributed by atoms with Crippen LogP contribution in [0.5, 0.6) is 0 Å². The molecule has 3 saturated heterocycles. The maximum Gasteiger partial charge on any atom is 0.170 e. The molecule has 2 aromatic heterocycles. The van der Waals surface area contributed by atoms with Gasteiger partial charge in [0, 0.05) is 36.4 Å². The summed E-state index contributed by atoms with van der Waals surface area (Å²) in [5.41, 5.74) is 3.00. The zero-order valence-electron chi connectivity index (χ0n) is 17.9. The molecule has 4 atom stereocenters. The van der Waals surface area contributed by atoms with Crippen LogP contribution in [0.15, 0.2) is 47.8 Å². The molecule has 3 fully saturated rings. The molecule has 5 nitrogen and oxygen atoms in total. The number of nitrogens with zero attached hydrogens (tertiary/aromatic N) is 3. The predicted molar refractivity (Wildman–Crippen MR) is 132 cm³/mol. The van der Waals surface area contributed by atoms with Crippen LogP contribution in [0.4, 0.5) is 10.1 Å². The monoisotopic (exact) mass is 467 g/mol. The molecule has 5 heterocycles. The van der Waals surface area contributed by atoms with Crippen LogP contribution < -0.4 is 10.6 Å². The number of thiophene rings is 1. The Morgan fingerprint density at radius 3 is 2.81 bits per heavy atom. The van der Waals surface area contributed by atoms with Crippen LogP contribution in [0, 0.1) is 18.7 Å². The van der Waals surface area contributed by atoms with Crippen molar-refractivity contribution in [3.8, 4) is 10.6 Å². The van der Waals surface area contributed by atoms with Crippen molar-refractivity contribution in [1.82, 2.24) is 20.2 Å². The maximum absolute atomic E-state index is 13.1. The lowest BCUT2D eigenvalue weighted by molar-refractivity contribution is 0.0314. The summed E-state index contributed by atoms with van der Waals surface area (Å²) in [5.74, 6) is 1.66. The summed E-state index contributed by atoms with van der Waals surface area (Å²) in [4.78, 5) is 13.3. The van der Waals surface area contributed by atoms with E-state index in [1.807, 2.05) is 6.92 Å². The van der Waals surface area contributed by atoms with Gasteiger partial charge >= 0.3 is 0 Å². The number of fused-ring (bicyclic) bond motifs is 3. The van der Waals surface area contributed by atoms with Crippen molar-refractivity contribution < 1.29 is 4.39 Å². The molecule has 3 aliphatic heterocycles. The van der Waals surface area contributed by atoms with Gasteiger partial charge in [0.25, 0.3) is 0 Å². The summed E-state index contributed by atoms with van der Waals surface area (Å²) >= 11 is 7.16. The van der Waals surface area contributed by atoms with Gasteiger partial charge in [0.15, 0.2) is 5.11 Å². The first kappa shape index (κ1) is 21.4. The summed E-state index contributed by atoms with van der Waals surface area (Å²) in [5, 5.41) is 9.15. The molecular formula is C24H26FN5S2. The Hall–Kier alpha value is -2.42. The van der Waals surface area contributed by atoms with E-state index in [0.717, 1.165) is 43.3 Å². The molecule has 0 spiro atoms. The molecule has 166 valence electrons. The van der Waals surface area contributed by atoms with Crippen molar-refractivity contribution in [2.24, 2.45) is 5.92 Å². The van der Waals surface area contributed by atoms with E-state index in [0.29, 0.717) is 23.0 Å². The lowest BCUT2D eigenvalue weighted by atomic mass is 9.74. The van der Waals surface area contributed by atoms with Crippen LogP contribution >= 0.6 is 23.6 Å². The number of benzene rings is 1. The van der Waals surface area contributed by atoms with Crippen molar-refractivity contribution in [3.63, 3.8) is 0 Å². The van der Waals surface area contributed by atoms with Gasteiger partial charge in [-0.15, -0.1) is 11.3 Å². The standard InChI is InChI=1S/C24H26FN5S2/c1-15-27-21(12-22(28-15)23-3-2-10-32-23)20-14-30-9-8-16(20)11-19(30)13-26-24(31)29-18-6-4-17(25)5-7-18/h2-7,10,12,16,19-20H,8-9,11,13-14H2,1H3,(H2,26,29,31)/t16-,19+,20-/m0/s1. The molecule has 3 aromatic rings. The molecule has 0 aliphatic carbocycles. The molecular weight excluding hydrogens is 441 g/mol. The second-order valence-corrected chi connectivity index (χ2v) is 9.94. The molecule has 0 radical (unpaired) electrons. The van der Waals surface area contributed by atoms with Gasteiger partial charge in [0.05, 0.1) is 10.6 Å². The van der Waals surface area contributed by atoms with E-state index in [2.05, 4.69) is 44.1 Å². The van der Waals surface area contributed by atoms with E-state index in [9.17, 15) is 4.39 Å². The third-order valence-corrected chi connectivity index (χ3v) is 7.63. The number of hydrogen-bond donors (Lipinski definition) is 2. The highest BCUT2D eigenvalue weighted by atomic mass is 32.1. The van der Waals surface area contributed by atoms with Gasteiger partial charge < -0.3 is 10.6 Å². The van der Waals surface area contributed by atoms with E-state index in [4.69, 9.17) is 17.2 Å². The molecule has 32 heavy (non-hydrogen) atoms. The first-order valence-electron chi connectivity index (χ1n) is 11.0. The average molecular weight is 468 g/mol. The summed E-state index contributed by atoms with van der Waals surface area (Å²) in [6.45, 7) is 4.94. The van der Waals surface area contributed by atoms with E-state index in [1.54, 1.807) is 23.5 Å². The fraction of sp³-hybridized carbons (Fsp3) is 0.375. The van der Waals surface area contributed by atoms with E-state index < -0.39 is 0 Å². The third-order valence-electron chi connectivity index (χ3n) is 6.49. The van der Waals surface area contributed by atoms with Gasteiger partial charge in [-0.1, -0.05) is 6.07 Å².